The molecule has 0 aromatic carbocycles. The van der Waals surface area contributed by atoms with E-state index in [0.29, 0.717) is 59.9 Å². The van der Waals surface area contributed by atoms with Gasteiger partial charge in [0.25, 0.3) is 0 Å². The molecule has 0 aromatic heterocycles. The van der Waals surface area contributed by atoms with Crippen molar-refractivity contribution in [1.82, 2.24) is 0 Å². The fraction of sp³-hybridized carbons (Fsp3) is 1.00. The van der Waals surface area contributed by atoms with E-state index in [2.05, 4.69) is 41.5 Å². The first-order valence-electron chi connectivity index (χ1n) is 22.7. The van der Waals surface area contributed by atoms with Gasteiger partial charge in [-0.2, -0.15) is 0 Å². The maximum atomic E-state index is 6.26. The molecule has 6 aliphatic carbocycles. The SMILES string of the molecule is CC1CC(CC2CC(C)C(N)C(C)C2)CC(C)C1N.CC1CC(CC2CCC(N)C(C)C2)CCC1N.NC1CCC(CC2CCC(N)CC2)CC1. The Morgan fingerprint density at radius 2 is 0.549 bits per heavy atom. The van der Waals surface area contributed by atoms with E-state index in [1.807, 2.05) is 0 Å². The van der Waals surface area contributed by atoms with Crippen LogP contribution >= 0.6 is 0 Å². The summed E-state index contributed by atoms with van der Waals surface area (Å²) in [7, 11) is 0. The minimum absolute atomic E-state index is 0.425. The van der Waals surface area contributed by atoms with Gasteiger partial charge in [0.15, 0.2) is 0 Å². The highest BCUT2D eigenvalue weighted by Gasteiger charge is 2.36. The van der Waals surface area contributed by atoms with Crippen molar-refractivity contribution in [2.24, 2.45) is 105 Å². The van der Waals surface area contributed by atoms with Crippen LogP contribution in [0.2, 0.25) is 0 Å². The van der Waals surface area contributed by atoms with Crippen LogP contribution < -0.4 is 34.4 Å². The van der Waals surface area contributed by atoms with E-state index in [1.54, 1.807) is 0 Å². The van der Waals surface area contributed by atoms with Gasteiger partial charge in [-0.05, 0) is 206 Å². The fourth-order valence-corrected chi connectivity index (χ4v) is 12.2. The Morgan fingerprint density at radius 3 is 0.863 bits per heavy atom. The van der Waals surface area contributed by atoms with Gasteiger partial charge < -0.3 is 34.4 Å². The zero-order valence-corrected chi connectivity index (χ0v) is 34.7. The van der Waals surface area contributed by atoms with Crippen LogP contribution in [-0.4, -0.2) is 36.3 Å². The van der Waals surface area contributed by atoms with Gasteiger partial charge in [-0.25, -0.2) is 0 Å². The van der Waals surface area contributed by atoms with Gasteiger partial charge in [0, 0.05) is 36.3 Å². The molecule has 300 valence electrons. The van der Waals surface area contributed by atoms with Gasteiger partial charge in [0.2, 0.25) is 0 Å². The largest absolute Gasteiger partial charge is 0.328 e. The maximum Gasteiger partial charge on any atom is 0.00905 e. The monoisotopic (exact) mass is 715 g/mol. The molecule has 10 atom stereocenters. The summed E-state index contributed by atoms with van der Waals surface area (Å²) < 4.78 is 0. The Bertz CT molecular complexity index is 849. The normalized spacial score (nSPS) is 48.0. The second kappa shape index (κ2) is 21.2. The quantitative estimate of drug-likeness (QED) is 0.162. The number of hydrogen-bond donors (Lipinski definition) is 6. The third-order valence-corrected chi connectivity index (χ3v) is 15.9. The Labute approximate surface area is 317 Å². The highest BCUT2D eigenvalue weighted by molar-refractivity contribution is 4.90. The molecule has 0 amide bonds. The van der Waals surface area contributed by atoms with Gasteiger partial charge in [0.05, 0.1) is 0 Å². The van der Waals surface area contributed by atoms with Crippen LogP contribution in [0.5, 0.6) is 0 Å². The third-order valence-electron chi connectivity index (χ3n) is 15.9. The van der Waals surface area contributed by atoms with Gasteiger partial charge in [0.1, 0.15) is 0 Å². The van der Waals surface area contributed by atoms with Gasteiger partial charge in [-0.15, -0.1) is 0 Å². The summed E-state index contributed by atoms with van der Waals surface area (Å²) >= 11 is 0. The molecule has 12 N–H and O–H groups in total. The van der Waals surface area contributed by atoms with Crippen LogP contribution in [0.15, 0.2) is 0 Å². The average molecular weight is 715 g/mol. The molecule has 6 aliphatic rings. The molecule has 0 aromatic rings. The highest BCUT2D eigenvalue weighted by Crippen LogP contribution is 2.42. The molecule has 6 heteroatoms. The van der Waals surface area contributed by atoms with Crippen LogP contribution in [0.3, 0.4) is 0 Å². The molecule has 0 bridgehead atoms. The predicted octanol–water partition coefficient (Wildman–Crippen LogP) is 8.71. The fourth-order valence-electron chi connectivity index (χ4n) is 12.2. The minimum atomic E-state index is 0.425. The lowest BCUT2D eigenvalue weighted by Gasteiger charge is -2.42. The van der Waals surface area contributed by atoms with Crippen molar-refractivity contribution < 1.29 is 0 Å². The van der Waals surface area contributed by atoms with Crippen molar-refractivity contribution in [3.63, 3.8) is 0 Å². The van der Waals surface area contributed by atoms with Crippen molar-refractivity contribution >= 4 is 0 Å². The van der Waals surface area contributed by atoms with E-state index in [-0.39, 0.29) is 0 Å². The van der Waals surface area contributed by atoms with Crippen molar-refractivity contribution in [3.8, 4) is 0 Å². The Balaban J connectivity index is 0.000000173. The van der Waals surface area contributed by atoms with E-state index >= 15 is 0 Å². The first kappa shape index (κ1) is 43.5. The average Bonchev–Trinajstić information content (AvgIpc) is 3.08. The lowest BCUT2D eigenvalue weighted by molar-refractivity contribution is 0.118. The maximum absolute atomic E-state index is 6.26. The number of nitrogens with two attached hydrogens (primary N) is 6. The van der Waals surface area contributed by atoms with E-state index in [4.69, 9.17) is 34.4 Å². The third kappa shape index (κ3) is 14.1. The van der Waals surface area contributed by atoms with Crippen molar-refractivity contribution in [1.29, 1.82) is 0 Å². The molecule has 0 radical (unpaired) electrons. The second-order valence-corrected chi connectivity index (χ2v) is 20.6. The second-order valence-electron chi connectivity index (χ2n) is 20.6. The van der Waals surface area contributed by atoms with E-state index < -0.39 is 0 Å². The molecule has 10 unspecified atom stereocenters. The number of hydrogen-bond acceptors (Lipinski definition) is 6. The number of rotatable bonds is 6. The molecule has 6 fully saturated rings. The lowest BCUT2D eigenvalue weighted by atomic mass is 9.66. The smallest absolute Gasteiger partial charge is 0.00905 e. The molecule has 6 rings (SSSR count). The van der Waals surface area contributed by atoms with E-state index in [9.17, 15) is 0 Å². The zero-order chi connectivity index (χ0) is 37.2. The summed E-state index contributed by atoms with van der Waals surface area (Å²) in [5, 5.41) is 0. The van der Waals surface area contributed by atoms with Crippen LogP contribution in [0.1, 0.15) is 176 Å². The van der Waals surface area contributed by atoms with Crippen LogP contribution in [0.4, 0.5) is 0 Å². The summed E-state index contributed by atoms with van der Waals surface area (Å²) in [5.41, 5.74) is 36.6. The summed E-state index contributed by atoms with van der Waals surface area (Å²) in [5.74, 6) is 9.93. The Kier molecular flexibility index (Phi) is 18.0. The summed E-state index contributed by atoms with van der Waals surface area (Å²) in [6.07, 6.45) is 28.2. The standard InChI is InChI=1S/C17H34N2.C15H30N2.C13H26N2/c1-10-5-14(6-11(2)16(10)18)9-15-7-12(3)17(19)13(4)8-15;1-10-7-12(3-5-14(10)16)9-13-4-6-15(17)11(2)8-13;14-12-5-1-10(2-6-12)9-11-3-7-13(15)8-4-11/h10-17H,5-9,18-19H2,1-4H3;10-15H,3-9,16-17H2,1-2H3;10-13H,1-9,14-15H2. The van der Waals surface area contributed by atoms with Gasteiger partial charge in [-0.3, -0.25) is 0 Å². The molecule has 0 spiro atoms. The summed E-state index contributed by atoms with van der Waals surface area (Å²) in [6, 6.07) is 2.78. The molecular formula is C45H90N6. The molecule has 0 heterocycles. The molecule has 6 nitrogen and oxygen atoms in total. The van der Waals surface area contributed by atoms with Crippen molar-refractivity contribution in [3.05, 3.63) is 0 Å². The molecule has 51 heavy (non-hydrogen) atoms. The molecular weight excluding hydrogens is 625 g/mol. The molecule has 0 saturated heterocycles. The van der Waals surface area contributed by atoms with Crippen LogP contribution in [-0.2, 0) is 0 Å². The molecule has 6 saturated carbocycles. The summed E-state index contributed by atoms with van der Waals surface area (Å²) in [4.78, 5) is 0. The van der Waals surface area contributed by atoms with Gasteiger partial charge >= 0.3 is 0 Å². The van der Waals surface area contributed by atoms with Gasteiger partial charge in [-0.1, -0.05) is 41.5 Å². The van der Waals surface area contributed by atoms with Crippen LogP contribution in [0.25, 0.3) is 0 Å². The highest BCUT2D eigenvalue weighted by atomic mass is 14.7. The van der Waals surface area contributed by atoms with Crippen molar-refractivity contribution in [2.75, 3.05) is 0 Å². The zero-order valence-electron chi connectivity index (χ0n) is 34.7. The lowest BCUT2D eigenvalue weighted by Crippen LogP contribution is -2.43. The Morgan fingerprint density at radius 1 is 0.294 bits per heavy atom. The minimum Gasteiger partial charge on any atom is -0.328 e. The van der Waals surface area contributed by atoms with Crippen molar-refractivity contribution in [2.45, 2.75) is 213 Å². The van der Waals surface area contributed by atoms with E-state index in [0.717, 1.165) is 47.3 Å². The first-order valence-corrected chi connectivity index (χ1v) is 22.7. The Hall–Kier alpha value is -0.240. The summed E-state index contributed by atoms with van der Waals surface area (Å²) in [6.45, 7) is 14.0. The van der Waals surface area contributed by atoms with Crippen LogP contribution in [0, 0.1) is 71.0 Å². The van der Waals surface area contributed by atoms with E-state index in [1.165, 1.54) is 135 Å². The topological polar surface area (TPSA) is 156 Å². The first-order chi connectivity index (χ1) is 24.2. The predicted molar refractivity (Wildman–Crippen MR) is 221 cm³/mol. The molecule has 0 aliphatic heterocycles.